The van der Waals surface area contributed by atoms with Crippen LogP contribution in [0.1, 0.15) is 24.3 Å². The molecular weight excluding hydrogens is 393 g/mol. The highest BCUT2D eigenvalue weighted by Crippen LogP contribution is 2.28. The molecule has 4 rings (SSSR count). The van der Waals surface area contributed by atoms with Crippen LogP contribution in [0, 0.1) is 5.92 Å². The minimum Gasteiger partial charge on any atom is -0.371 e. The zero-order valence-corrected chi connectivity index (χ0v) is 17.6. The molecule has 2 saturated heterocycles. The number of amides is 1. The van der Waals surface area contributed by atoms with Gasteiger partial charge in [-0.2, -0.15) is 0 Å². The topological polar surface area (TPSA) is 44.4 Å². The Morgan fingerprint density at radius 2 is 1.50 bits per heavy atom. The SMILES string of the molecule is Cl.Cl.O=C(NC1CCN(c2ccccc2)CC1)[C@@H]1CNC[C@H]1c1ccccc1. The monoisotopic (exact) mass is 421 g/mol. The molecule has 2 aliphatic rings. The lowest BCUT2D eigenvalue weighted by Crippen LogP contribution is -2.47. The number of halogens is 2. The zero-order chi connectivity index (χ0) is 17.8. The smallest absolute Gasteiger partial charge is 0.225 e. The van der Waals surface area contributed by atoms with Gasteiger partial charge in [0.2, 0.25) is 5.91 Å². The fraction of sp³-hybridized carbons (Fsp3) is 0.409. The van der Waals surface area contributed by atoms with E-state index in [1.54, 1.807) is 0 Å². The van der Waals surface area contributed by atoms with E-state index in [-0.39, 0.29) is 42.6 Å². The van der Waals surface area contributed by atoms with Crippen molar-refractivity contribution in [2.75, 3.05) is 31.1 Å². The highest BCUT2D eigenvalue weighted by Gasteiger charge is 2.35. The summed E-state index contributed by atoms with van der Waals surface area (Å²) in [6.07, 6.45) is 2.02. The molecule has 0 spiro atoms. The number of carbonyl (C=O) groups excluding carboxylic acids is 1. The van der Waals surface area contributed by atoms with Gasteiger partial charge in [-0.05, 0) is 30.5 Å². The molecule has 2 fully saturated rings. The van der Waals surface area contributed by atoms with Crippen molar-refractivity contribution in [3.63, 3.8) is 0 Å². The number of nitrogens with one attached hydrogen (secondary N) is 2. The van der Waals surface area contributed by atoms with E-state index in [0.717, 1.165) is 39.0 Å². The van der Waals surface area contributed by atoms with Gasteiger partial charge < -0.3 is 15.5 Å². The molecule has 0 bridgehead atoms. The van der Waals surface area contributed by atoms with Gasteiger partial charge in [0, 0.05) is 43.8 Å². The number of para-hydroxylation sites is 1. The Hall–Kier alpha value is -1.75. The summed E-state index contributed by atoms with van der Waals surface area (Å²) in [6.45, 7) is 3.66. The summed E-state index contributed by atoms with van der Waals surface area (Å²) in [7, 11) is 0. The first kappa shape index (κ1) is 22.5. The lowest BCUT2D eigenvalue weighted by atomic mass is 9.88. The van der Waals surface area contributed by atoms with E-state index in [2.05, 4.69) is 70.1 Å². The van der Waals surface area contributed by atoms with E-state index in [0.29, 0.717) is 6.04 Å². The van der Waals surface area contributed by atoms with Crippen molar-refractivity contribution in [2.45, 2.75) is 24.8 Å². The summed E-state index contributed by atoms with van der Waals surface area (Å²) < 4.78 is 0. The minimum atomic E-state index is 0. The third-order valence-corrected chi connectivity index (χ3v) is 5.74. The summed E-state index contributed by atoms with van der Waals surface area (Å²) >= 11 is 0. The molecule has 152 valence electrons. The molecule has 1 amide bonds. The van der Waals surface area contributed by atoms with E-state index in [4.69, 9.17) is 0 Å². The Bertz CT molecular complexity index is 721. The molecule has 0 saturated carbocycles. The molecular formula is C22H29Cl2N3O. The lowest BCUT2D eigenvalue weighted by Gasteiger charge is -2.34. The molecule has 2 aliphatic heterocycles. The highest BCUT2D eigenvalue weighted by atomic mass is 35.5. The summed E-state index contributed by atoms with van der Waals surface area (Å²) in [5.41, 5.74) is 2.54. The van der Waals surface area contributed by atoms with E-state index < -0.39 is 0 Å². The summed E-state index contributed by atoms with van der Waals surface area (Å²) in [6, 6.07) is 21.2. The van der Waals surface area contributed by atoms with Gasteiger partial charge in [0.25, 0.3) is 0 Å². The minimum absolute atomic E-state index is 0. The van der Waals surface area contributed by atoms with Gasteiger partial charge in [0.05, 0.1) is 5.92 Å². The lowest BCUT2D eigenvalue weighted by molar-refractivity contribution is -0.125. The highest BCUT2D eigenvalue weighted by molar-refractivity contribution is 5.85. The molecule has 0 radical (unpaired) electrons. The van der Waals surface area contributed by atoms with E-state index >= 15 is 0 Å². The van der Waals surface area contributed by atoms with Crippen molar-refractivity contribution in [3.8, 4) is 0 Å². The Labute approximate surface area is 179 Å². The molecule has 0 aromatic heterocycles. The quantitative estimate of drug-likeness (QED) is 0.791. The Kier molecular flexibility index (Phi) is 8.61. The third kappa shape index (κ3) is 5.19. The number of hydrogen-bond donors (Lipinski definition) is 2. The maximum Gasteiger partial charge on any atom is 0.225 e. The summed E-state index contributed by atoms with van der Waals surface area (Å²) in [4.78, 5) is 15.3. The van der Waals surface area contributed by atoms with Crippen LogP contribution >= 0.6 is 24.8 Å². The first-order valence-electron chi connectivity index (χ1n) is 9.67. The largest absolute Gasteiger partial charge is 0.371 e. The zero-order valence-electron chi connectivity index (χ0n) is 15.9. The van der Waals surface area contributed by atoms with Gasteiger partial charge in [0.1, 0.15) is 0 Å². The average molecular weight is 422 g/mol. The normalized spacial score (nSPS) is 22.1. The molecule has 0 aliphatic carbocycles. The molecule has 6 heteroatoms. The van der Waals surface area contributed by atoms with E-state index in [1.807, 2.05) is 6.07 Å². The van der Waals surface area contributed by atoms with Crippen molar-refractivity contribution in [1.82, 2.24) is 10.6 Å². The molecule has 0 unspecified atom stereocenters. The van der Waals surface area contributed by atoms with E-state index in [9.17, 15) is 4.79 Å². The number of nitrogens with zero attached hydrogens (tertiary/aromatic N) is 1. The third-order valence-electron chi connectivity index (χ3n) is 5.74. The van der Waals surface area contributed by atoms with Gasteiger partial charge >= 0.3 is 0 Å². The van der Waals surface area contributed by atoms with Crippen LogP contribution in [-0.4, -0.2) is 38.1 Å². The van der Waals surface area contributed by atoms with Crippen LogP contribution in [0.25, 0.3) is 0 Å². The van der Waals surface area contributed by atoms with Crippen LogP contribution in [0.5, 0.6) is 0 Å². The number of piperidine rings is 1. The summed E-state index contributed by atoms with van der Waals surface area (Å²) in [5.74, 6) is 0.521. The molecule has 28 heavy (non-hydrogen) atoms. The number of anilines is 1. The summed E-state index contributed by atoms with van der Waals surface area (Å²) in [5, 5.41) is 6.73. The Morgan fingerprint density at radius 1 is 0.893 bits per heavy atom. The number of rotatable bonds is 4. The molecule has 2 heterocycles. The van der Waals surface area contributed by atoms with Crippen molar-refractivity contribution in [1.29, 1.82) is 0 Å². The molecule has 4 nitrogen and oxygen atoms in total. The fourth-order valence-electron chi connectivity index (χ4n) is 4.23. The van der Waals surface area contributed by atoms with Gasteiger partial charge in [-0.15, -0.1) is 24.8 Å². The van der Waals surface area contributed by atoms with Gasteiger partial charge in [-0.3, -0.25) is 4.79 Å². The maximum atomic E-state index is 12.9. The first-order chi connectivity index (χ1) is 12.8. The second-order valence-corrected chi connectivity index (χ2v) is 7.39. The van der Waals surface area contributed by atoms with Crippen LogP contribution in [0.4, 0.5) is 5.69 Å². The number of benzene rings is 2. The van der Waals surface area contributed by atoms with Crippen molar-refractivity contribution >= 4 is 36.4 Å². The molecule has 2 N–H and O–H groups in total. The van der Waals surface area contributed by atoms with Crippen molar-refractivity contribution < 1.29 is 4.79 Å². The van der Waals surface area contributed by atoms with Crippen molar-refractivity contribution in [2.24, 2.45) is 5.92 Å². The number of carbonyl (C=O) groups is 1. The predicted octanol–water partition coefficient (Wildman–Crippen LogP) is 3.62. The first-order valence-corrected chi connectivity index (χ1v) is 9.67. The second-order valence-electron chi connectivity index (χ2n) is 7.39. The number of hydrogen-bond acceptors (Lipinski definition) is 3. The average Bonchev–Trinajstić information content (AvgIpc) is 3.20. The van der Waals surface area contributed by atoms with Crippen LogP contribution in [0.2, 0.25) is 0 Å². The van der Waals surface area contributed by atoms with Crippen LogP contribution in [0.3, 0.4) is 0 Å². The molecule has 2 aromatic rings. The Morgan fingerprint density at radius 3 is 2.14 bits per heavy atom. The Balaban J connectivity index is 0.00000140. The fourth-order valence-corrected chi connectivity index (χ4v) is 4.23. The predicted molar refractivity (Wildman–Crippen MR) is 120 cm³/mol. The second kappa shape index (κ2) is 10.7. The van der Waals surface area contributed by atoms with Crippen LogP contribution in [-0.2, 0) is 4.79 Å². The van der Waals surface area contributed by atoms with Crippen LogP contribution < -0.4 is 15.5 Å². The van der Waals surface area contributed by atoms with Gasteiger partial charge in [0.15, 0.2) is 0 Å². The van der Waals surface area contributed by atoms with Gasteiger partial charge in [-0.1, -0.05) is 48.5 Å². The molecule has 2 atom stereocenters. The molecule has 2 aromatic carbocycles. The standard InChI is InChI=1S/C22H27N3O.2ClH/c26-22(21-16-23-15-20(21)17-7-3-1-4-8-17)24-18-11-13-25(14-12-18)19-9-5-2-6-10-19;;/h1-10,18,20-21,23H,11-16H2,(H,24,26);2*1H/t20-,21+;;/m0../s1. The maximum absolute atomic E-state index is 12.9. The van der Waals surface area contributed by atoms with Crippen LogP contribution in [0.15, 0.2) is 60.7 Å². The van der Waals surface area contributed by atoms with E-state index in [1.165, 1.54) is 11.3 Å². The van der Waals surface area contributed by atoms with Gasteiger partial charge in [-0.25, -0.2) is 0 Å². The van der Waals surface area contributed by atoms with Crippen molar-refractivity contribution in [3.05, 3.63) is 66.2 Å².